The van der Waals surface area contributed by atoms with Gasteiger partial charge >= 0.3 is 0 Å². The number of pyridine rings is 1. The molecule has 0 fully saturated rings. The van der Waals surface area contributed by atoms with Gasteiger partial charge in [0.05, 0.1) is 17.6 Å². The van der Waals surface area contributed by atoms with Crippen LogP contribution >= 0.6 is 11.6 Å². The van der Waals surface area contributed by atoms with E-state index in [0.717, 1.165) is 6.08 Å². The summed E-state index contributed by atoms with van der Waals surface area (Å²) in [7, 11) is 1.79. The Morgan fingerprint density at radius 2 is 1.97 bits per heavy atom. The van der Waals surface area contributed by atoms with Crippen molar-refractivity contribution < 1.29 is 9.18 Å². The summed E-state index contributed by atoms with van der Waals surface area (Å²) in [6, 6.07) is 7.53. The van der Waals surface area contributed by atoms with Crippen LogP contribution < -0.4 is 16.0 Å². The number of rotatable bonds is 7. The molecule has 1 amide bonds. The van der Waals surface area contributed by atoms with Gasteiger partial charge in [0.15, 0.2) is 0 Å². The fourth-order valence-electron chi connectivity index (χ4n) is 2.92. The maximum Gasteiger partial charge on any atom is 0.247 e. The molecule has 0 radical (unpaired) electrons. The molecular formula is C22H18ClFN8O. The van der Waals surface area contributed by atoms with Crippen LogP contribution in [0.5, 0.6) is 0 Å². The van der Waals surface area contributed by atoms with Crippen molar-refractivity contribution >= 4 is 46.3 Å². The van der Waals surface area contributed by atoms with Crippen LogP contribution in [0.1, 0.15) is 0 Å². The predicted molar refractivity (Wildman–Crippen MR) is 125 cm³/mol. The van der Waals surface area contributed by atoms with Crippen molar-refractivity contribution in [2.45, 2.75) is 0 Å². The summed E-state index contributed by atoms with van der Waals surface area (Å²) in [6.45, 7) is 3.41. The normalized spacial score (nSPS) is 10.5. The van der Waals surface area contributed by atoms with E-state index >= 15 is 0 Å². The number of nitrogens with one attached hydrogen (secondary N) is 3. The van der Waals surface area contributed by atoms with Crippen LogP contribution in [-0.2, 0) is 11.8 Å². The first-order chi connectivity index (χ1) is 15.9. The van der Waals surface area contributed by atoms with Gasteiger partial charge in [-0.25, -0.2) is 14.4 Å². The number of carbonyl (C=O) groups excluding carboxylic acids is 1. The van der Waals surface area contributed by atoms with Crippen molar-refractivity contribution in [2.75, 3.05) is 16.0 Å². The lowest BCUT2D eigenvalue weighted by atomic mass is 10.1. The number of carbonyl (C=O) groups is 1. The van der Waals surface area contributed by atoms with Gasteiger partial charge in [0.1, 0.15) is 16.8 Å². The number of amides is 1. The lowest BCUT2D eigenvalue weighted by Crippen LogP contribution is -2.08. The van der Waals surface area contributed by atoms with Gasteiger partial charge in [-0.3, -0.25) is 9.48 Å². The van der Waals surface area contributed by atoms with Crippen molar-refractivity contribution in [1.29, 1.82) is 0 Å². The second-order valence-corrected chi connectivity index (χ2v) is 7.25. The molecule has 3 heterocycles. The minimum atomic E-state index is -0.535. The highest BCUT2D eigenvalue weighted by Crippen LogP contribution is 2.31. The highest BCUT2D eigenvalue weighted by molar-refractivity contribution is 6.29. The summed E-state index contributed by atoms with van der Waals surface area (Å²) in [6.07, 6.45) is 7.67. The third-order valence-corrected chi connectivity index (χ3v) is 4.68. The highest BCUT2D eigenvalue weighted by atomic mass is 35.5. The molecule has 11 heteroatoms. The Morgan fingerprint density at radius 3 is 2.67 bits per heavy atom. The number of aromatic nitrogens is 5. The van der Waals surface area contributed by atoms with E-state index in [1.807, 2.05) is 0 Å². The average Bonchev–Trinajstić information content (AvgIpc) is 3.21. The van der Waals surface area contributed by atoms with Gasteiger partial charge < -0.3 is 16.0 Å². The molecule has 3 aromatic heterocycles. The Hall–Kier alpha value is -4.31. The monoisotopic (exact) mass is 464 g/mol. The van der Waals surface area contributed by atoms with Gasteiger partial charge in [0, 0.05) is 42.5 Å². The summed E-state index contributed by atoms with van der Waals surface area (Å²) in [5.74, 6) is -0.364. The van der Waals surface area contributed by atoms with E-state index in [1.165, 1.54) is 18.2 Å². The van der Waals surface area contributed by atoms with Crippen LogP contribution in [-0.4, -0.2) is 30.6 Å². The van der Waals surface area contributed by atoms with Crippen molar-refractivity contribution in [2.24, 2.45) is 7.05 Å². The Morgan fingerprint density at radius 1 is 1.12 bits per heavy atom. The fraction of sp³-hybridized carbons (Fsp3) is 0.0455. The molecule has 1 aromatic carbocycles. The molecule has 0 aliphatic rings. The zero-order valence-electron chi connectivity index (χ0n) is 17.4. The zero-order valence-corrected chi connectivity index (χ0v) is 18.1. The number of hydrogen-bond acceptors (Lipinski definition) is 7. The lowest BCUT2D eigenvalue weighted by Gasteiger charge is -2.14. The van der Waals surface area contributed by atoms with Crippen molar-refractivity contribution in [3.63, 3.8) is 0 Å². The molecule has 3 N–H and O–H groups in total. The topological polar surface area (TPSA) is 110 Å². The molecule has 33 heavy (non-hydrogen) atoms. The van der Waals surface area contributed by atoms with Gasteiger partial charge in [-0.15, -0.1) is 0 Å². The fourth-order valence-corrected chi connectivity index (χ4v) is 3.03. The van der Waals surface area contributed by atoms with Crippen LogP contribution in [0.25, 0.3) is 11.1 Å². The van der Waals surface area contributed by atoms with E-state index in [4.69, 9.17) is 11.6 Å². The quantitative estimate of drug-likeness (QED) is 0.269. The molecule has 0 saturated carbocycles. The van der Waals surface area contributed by atoms with Gasteiger partial charge in [-0.05, 0) is 36.4 Å². The van der Waals surface area contributed by atoms with Crippen LogP contribution in [0.3, 0.4) is 0 Å². The predicted octanol–water partition coefficient (Wildman–Crippen LogP) is 4.68. The largest absolute Gasteiger partial charge is 0.337 e. The molecule has 4 rings (SSSR count). The Balaban J connectivity index is 1.73. The Bertz CT molecular complexity index is 1320. The average molecular weight is 465 g/mol. The van der Waals surface area contributed by atoms with Crippen LogP contribution in [0, 0.1) is 5.82 Å². The first-order valence-corrected chi connectivity index (χ1v) is 10.0. The number of benzene rings is 1. The maximum atomic E-state index is 14.6. The smallest absolute Gasteiger partial charge is 0.247 e. The van der Waals surface area contributed by atoms with E-state index in [9.17, 15) is 9.18 Å². The molecule has 0 bridgehead atoms. The number of anilines is 5. The molecule has 9 nitrogen and oxygen atoms in total. The van der Waals surface area contributed by atoms with E-state index in [1.54, 1.807) is 48.6 Å². The lowest BCUT2D eigenvalue weighted by molar-refractivity contribution is -0.111. The van der Waals surface area contributed by atoms with Gasteiger partial charge in [-0.2, -0.15) is 10.1 Å². The molecule has 166 valence electrons. The molecule has 0 atom stereocenters. The number of halogens is 2. The van der Waals surface area contributed by atoms with E-state index < -0.39 is 11.7 Å². The summed E-state index contributed by atoms with van der Waals surface area (Å²) in [5, 5.41) is 13.1. The third-order valence-electron chi connectivity index (χ3n) is 4.46. The summed E-state index contributed by atoms with van der Waals surface area (Å²) >= 11 is 5.91. The number of aryl methyl sites for hydroxylation is 1. The van der Waals surface area contributed by atoms with E-state index in [-0.39, 0.29) is 11.6 Å². The first kappa shape index (κ1) is 21.9. The standard InChI is InChI=1S/C22H18ClFN8O/c1-3-20(33)28-14-5-6-17(24)18(8-14)30-21-16(13-4-7-19(23)25-9-13)11-26-22(31-21)29-15-10-27-32(2)12-15/h3-12H,1H2,2H3,(H,28,33)(H2,26,29,30,31). The highest BCUT2D eigenvalue weighted by Gasteiger charge is 2.14. The summed E-state index contributed by atoms with van der Waals surface area (Å²) in [4.78, 5) is 24.6. The van der Waals surface area contributed by atoms with Gasteiger partial charge in [-0.1, -0.05) is 18.2 Å². The number of nitrogens with zero attached hydrogens (tertiary/aromatic N) is 5. The Labute approximate surface area is 193 Å². The van der Waals surface area contributed by atoms with Crippen LogP contribution in [0.4, 0.5) is 33.2 Å². The van der Waals surface area contributed by atoms with E-state index in [2.05, 4.69) is 42.6 Å². The molecular weight excluding hydrogens is 447 g/mol. The molecule has 0 aliphatic carbocycles. The van der Waals surface area contributed by atoms with Gasteiger partial charge in [0.25, 0.3) is 0 Å². The molecule has 0 unspecified atom stereocenters. The van der Waals surface area contributed by atoms with Crippen LogP contribution in [0.2, 0.25) is 5.15 Å². The Kier molecular flexibility index (Phi) is 6.27. The van der Waals surface area contributed by atoms with Crippen molar-refractivity contribution in [1.82, 2.24) is 24.7 Å². The second kappa shape index (κ2) is 9.45. The minimum Gasteiger partial charge on any atom is -0.337 e. The SMILES string of the molecule is C=CC(=O)Nc1ccc(F)c(Nc2nc(Nc3cnn(C)c3)ncc2-c2ccc(Cl)nc2)c1. The van der Waals surface area contributed by atoms with Crippen molar-refractivity contribution in [3.8, 4) is 11.1 Å². The molecule has 0 saturated heterocycles. The van der Waals surface area contributed by atoms with Crippen molar-refractivity contribution in [3.05, 3.63) is 78.7 Å². The molecule has 0 spiro atoms. The zero-order chi connectivity index (χ0) is 23.4. The maximum absolute atomic E-state index is 14.6. The van der Waals surface area contributed by atoms with Gasteiger partial charge in [0.2, 0.25) is 11.9 Å². The van der Waals surface area contributed by atoms with Crippen LogP contribution in [0.15, 0.2) is 67.8 Å². The summed E-state index contributed by atoms with van der Waals surface area (Å²) in [5.41, 5.74) is 2.42. The number of hydrogen-bond donors (Lipinski definition) is 3. The second-order valence-electron chi connectivity index (χ2n) is 6.87. The molecule has 4 aromatic rings. The minimum absolute atomic E-state index is 0.103. The molecule has 0 aliphatic heterocycles. The third kappa shape index (κ3) is 5.31. The first-order valence-electron chi connectivity index (χ1n) is 9.66. The van der Waals surface area contributed by atoms with E-state index in [0.29, 0.717) is 33.5 Å². The summed E-state index contributed by atoms with van der Waals surface area (Å²) < 4.78 is 16.2.